The molecule has 0 fully saturated rings. The van der Waals surface area contributed by atoms with Gasteiger partial charge in [0.15, 0.2) is 0 Å². The van der Waals surface area contributed by atoms with Crippen LogP contribution in [0.3, 0.4) is 0 Å². The highest BCUT2D eigenvalue weighted by Crippen LogP contribution is 2.63. The number of nitrogens with zero attached hydrogens (tertiary/aromatic N) is 4. The topological polar surface area (TPSA) is 51.6 Å². The smallest absolute Gasteiger partial charge is 0.190 e. The van der Waals surface area contributed by atoms with Crippen LogP contribution in [0.25, 0.3) is 0 Å². The molecule has 0 N–H and O–H groups in total. The van der Waals surface area contributed by atoms with Gasteiger partial charge in [-0.15, -0.1) is 0 Å². The number of unbranched alkanes of at least 4 members (excludes halogenated alkanes) is 4. The van der Waals surface area contributed by atoms with Crippen LogP contribution in [0.1, 0.15) is 163 Å². The lowest BCUT2D eigenvalue weighted by Gasteiger charge is -2.55. The van der Waals surface area contributed by atoms with E-state index in [1.807, 2.05) is 111 Å². The summed E-state index contributed by atoms with van der Waals surface area (Å²) in [6, 6.07) is 40.6. The second-order valence-electron chi connectivity index (χ2n) is 20.9. The molecule has 79 heavy (non-hydrogen) atoms. The zero-order valence-electron chi connectivity index (χ0n) is 45.4. The number of halogens is 8. The lowest BCUT2D eigenvalue weighted by molar-refractivity contribution is 0.184. The fraction of sp³-hybridized carbons (Fsp3) is 0.343. The van der Waals surface area contributed by atoms with Crippen LogP contribution in [0, 0.1) is 47.6 Å². The molecule has 0 aliphatic heterocycles. The second-order valence-corrected chi connectivity index (χ2v) is 20.9. The predicted octanol–water partition coefficient (Wildman–Crippen LogP) is 17.5. The summed E-state index contributed by atoms with van der Waals surface area (Å²) in [5, 5.41) is 0. The van der Waals surface area contributed by atoms with Gasteiger partial charge in [-0.1, -0.05) is 157 Å². The first kappa shape index (κ1) is 58.1. The van der Waals surface area contributed by atoms with Gasteiger partial charge in [-0.2, -0.15) is 55.1 Å². The van der Waals surface area contributed by atoms with Gasteiger partial charge in [0.1, 0.15) is 0 Å². The highest BCUT2D eigenvalue weighted by atomic mass is 19.2. The number of hydrogen-bond donors (Lipinski definition) is 0. The molecule has 0 saturated carbocycles. The van der Waals surface area contributed by atoms with E-state index in [2.05, 4.69) is 33.8 Å². The Balaban J connectivity index is 1.62. The van der Waals surface area contributed by atoms with E-state index in [-0.39, 0.29) is 41.5 Å². The van der Waals surface area contributed by atoms with Crippen molar-refractivity contribution in [2.24, 2.45) is 0 Å². The lowest BCUT2D eigenvalue weighted by Crippen LogP contribution is -2.50. The van der Waals surface area contributed by atoms with Gasteiger partial charge < -0.3 is 0 Å². The van der Waals surface area contributed by atoms with Crippen molar-refractivity contribution >= 4 is 0 Å². The predicted molar refractivity (Wildman–Crippen MR) is 296 cm³/mol. The molecule has 412 valence electrons. The maximum absolute atomic E-state index is 18.5. The summed E-state index contributed by atoms with van der Waals surface area (Å²) in [5.41, 5.74) is 4.08. The van der Waals surface area contributed by atoms with Crippen LogP contribution in [-0.4, -0.2) is 19.9 Å². The Morgan fingerprint density at radius 1 is 0.342 bits per heavy atom. The van der Waals surface area contributed by atoms with Crippen molar-refractivity contribution in [1.29, 1.82) is 0 Å². The van der Waals surface area contributed by atoms with Crippen molar-refractivity contribution in [3.63, 3.8) is 0 Å². The van der Waals surface area contributed by atoms with E-state index in [0.29, 0.717) is 35.1 Å². The summed E-state index contributed by atoms with van der Waals surface area (Å²) in [5.74, 6) is -13.3. The second kappa shape index (κ2) is 27.2. The van der Waals surface area contributed by atoms with E-state index in [4.69, 9.17) is 0 Å². The molecule has 5 atom stereocenters. The van der Waals surface area contributed by atoms with E-state index < -0.39 is 76.7 Å². The average molecular weight is 1080 g/mol. The van der Waals surface area contributed by atoms with Crippen LogP contribution in [0.15, 0.2) is 146 Å². The number of rotatable bonds is 26. The molecule has 0 radical (unpaired) electrons. The third-order valence-corrected chi connectivity index (χ3v) is 15.9. The molecule has 8 rings (SSSR count). The summed E-state index contributed by atoms with van der Waals surface area (Å²) < 4.78 is 130. The molecule has 0 spiro atoms. The van der Waals surface area contributed by atoms with Crippen molar-refractivity contribution in [2.45, 2.75) is 147 Å². The van der Waals surface area contributed by atoms with Gasteiger partial charge in [0, 0.05) is 33.6 Å². The summed E-state index contributed by atoms with van der Waals surface area (Å²) in [7, 11) is 0. The van der Waals surface area contributed by atoms with E-state index in [0.717, 1.165) is 104 Å². The zero-order chi connectivity index (χ0) is 56.1. The van der Waals surface area contributed by atoms with E-state index >= 15 is 30.7 Å². The third kappa shape index (κ3) is 13.9. The van der Waals surface area contributed by atoms with Gasteiger partial charge in [0.25, 0.3) is 0 Å². The molecule has 0 bridgehead atoms. The highest BCUT2D eigenvalue weighted by molar-refractivity contribution is 5.51. The monoisotopic (exact) mass is 1080 g/mol. The highest BCUT2D eigenvalue weighted by Gasteiger charge is 2.58. The minimum Gasteiger partial charge on any atom is -0.190 e. The van der Waals surface area contributed by atoms with Crippen LogP contribution < -0.4 is 0 Å². The first-order valence-corrected chi connectivity index (χ1v) is 27.9. The maximum atomic E-state index is 18.5. The van der Waals surface area contributed by atoms with E-state index in [1.54, 1.807) is 0 Å². The van der Waals surface area contributed by atoms with Crippen LogP contribution in [0.5, 0.6) is 0 Å². The van der Waals surface area contributed by atoms with E-state index in [1.165, 1.54) is 24.3 Å². The number of aryl methyl sites for hydroxylation is 4. The first-order valence-electron chi connectivity index (χ1n) is 27.9. The Kier molecular flexibility index (Phi) is 20.0. The molecule has 12 heteroatoms. The average Bonchev–Trinajstić information content (AvgIpc) is 3.05. The Morgan fingerprint density at radius 2 is 0.734 bits per heavy atom. The summed E-state index contributed by atoms with van der Waals surface area (Å²) >= 11 is 0. The van der Waals surface area contributed by atoms with Gasteiger partial charge in [-0.25, -0.2) is 0 Å². The van der Waals surface area contributed by atoms with Crippen molar-refractivity contribution in [2.75, 3.05) is 0 Å². The normalized spacial score (nSPS) is 13.9. The zero-order valence-corrected chi connectivity index (χ0v) is 45.4. The summed E-state index contributed by atoms with van der Waals surface area (Å²) in [6.07, 6.45) is 8.67. The van der Waals surface area contributed by atoms with Gasteiger partial charge in [-0.05, 0) is 169 Å². The molecular formula is C67H68F8N4. The standard InChI is InChI=1S/C67H68F8N4/c1-5-9-11-12-15-46-22-30-50(31-23-46)62(54(47-24-16-43(8-4)17-25-47)40-51-32-36-58(68)76-63(51)72)67(55-35-39-61(71)79-66(55)75,56(41-52-33-37-59(69)77-64(52)73)48-26-18-44(13-7-3)19-27-48)57(42-53-34-38-60(70)78-65(53)74)49-28-20-45(21-29-49)14-10-6-2/h16-39,54,56-57,62H,5-15,40-42H2,1-4H3. The molecule has 4 aromatic carbocycles. The molecule has 0 aliphatic carbocycles. The molecule has 8 aromatic rings. The molecule has 4 aromatic heterocycles. The fourth-order valence-electron chi connectivity index (χ4n) is 12.0. The van der Waals surface area contributed by atoms with Crippen LogP contribution >= 0.6 is 0 Å². The number of pyridine rings is 4. The molecule has 4 nitrogen and oxygen atoms in total. The van der Waals surface area contributed by atoms with E-state index in [9.17, 15) is 4.39 Å². The number of aromatic nitrogens is 4. The molecule has 4 heterocycles. The van der Waals surface area contributed by atoms with Crippen molar-refractivity contribution < 1.29 is 35.1 Å². The molecule has 0 saturated heterocycles. The van der Waals surface area contributed by atoms with Crippen LogP contribution in [0.2, 0.25) is 0 Å². The van der Waals surface area contributed by atoms with Crippen molar-refractivity contribution in [3.8, 4) is 0 Å². The van der Waals surface area contributed by atoms with Crippen LogP contribution in [0.4, 0.5) is 35.1 Å². The SMILES string of the molecule is CCCCCCc1ccc(C(C(Cc2ccc(F)nc2F)c2ccc(CC)cc2)C(c2ccc(F)nc2F)(C(Cc2ccc(F)nc2F)c2ccc(CCC)cc2)C(Cc2ccc(F)nc2F)c2ccc(CCCC)cc2)cc1. The maximum Gasteiger partial charge on any atom is 0.219 e. The largest absolute Gasteiger partial charge is 0.219 e. The van der Waals surface area contributed by atoms with Gasteiger partial charge in [-0.3, -0.25) is 0 Å². The van der Waals surface area contributed by atoms with Gasteiger partial charge in [0.05, 0.1) is 0 Å². The molecule has 0 aliphatic rings. The number of benzene rings is 4. The lowest BCUT2D eigenvalue weighted by atomic mass is 9.47. The Bertz CT molecular complexity index is 3240. The molecular weight excluding hydrogens is 1010 g/mol. The minimum atomic E-state index is -1.97. The van der Waals surface area contributed by atoms with Crippen LogP contribution in [-0.2, 0) is 50.4 Å². The Hall–Kier alpha value is -7.08. The Morgan fingerprint density at radius 3 is 1.16 bits per heavy atom. The third-order valence-electron chi connectivity index (χ3n) is 15.9. The molecule has 5 unspecified atom stereocenters. The fourth-order valence-corrected chi connectivity index (χ4v) is 12.0. The first-order chi connectivity index (χ1) is 38.2. The van der Waals surface area contributed by atoms with Gasteiger partial charge >= 0.3 is 0 Å². The quantitative estimate of drug-likeness (QED) is 0.0308. The summed E-state index contributed by atoms with van der Waals surface area (Å²) in [4.78, 5) is 14.9. The van der Waals surface area contributed by atoms with Gasteiger partial charge in [0.2, 0.25) is 47.6 Å². The molecule has 0 amide bonds. The minimum absolute atomic E-state index is 0.0231. The number of hydrogen-bond acceptors (Lipinski definition) is 4. The Labute approximate surface area is 459 Å². The summed E-state index contributed by atoms with van der Waals surface area (Å²) in [6.45, 7) is 8.29. The van der Waals surface area contributed by atoms with Crippen molar-refractivity contribution in [3.05, 3.63) is 260 Å². The van der Waals surface area contributed by atoms with Crippen molar-refractivity contribution in [1.82, 2.24) is 19.9 Å².